The minimum Gasteiger partial charge on any atom is -0.462 e. The molecule has 0 fully saturated rings. The molecule has 0 unspecified atom stereocenters. The topological polar surface area (TPSA) is 102 Å². The van der Waals surface area contributed by atoms with Gasteiger partial charge in [-0.1, -0.05) is 12.1 Å². The van der Waals surface area contributed by atoms with Crippen molar-refractivity contribution < 1.29 is 34.0 Å². The molecule has 130 valence electrons. The predicted molar refractivity (Wildman–Crippen MR) is 83.3 cm³/mol. The average Bonchev–Trinajstić information content (AvgIpc) is 2.56. The van der Waals surface area contributed by atoms with Crippen LogP contribution in [0.25, 0.3) is 0 Å². The average molecular weight is 328 g/mol. The second-order valence-corrected chi connectivity index (χ2v) is 4.05. The van der Waals surface area contributed by atoms with E-state index in [-0.39, 0.29) is 37.6 Å². The number of hydrogen-bond donors (Lipinski definition) is 2. The third kappa shape index (κ3) is 8.92. The highest BCUT2D eigenvalue weighted by molar-refractivity contribution is 6.03. The molecule has 7 nitrogen and oxygen atoms in total. The number of carbonyl (C=O) groups is 2. The number of carbonyl (C=O) groups excluding carboxylic acids is 2. The molecular formula is C16H24O7. The Bertz CT molecular complexity index is 418. The Balaban J connectivity index is 0.000000585. The van der Waals surface area contributed by atoms with E-state index in [1.807, 2.05) is 0 Å². The summed E-state index contributed by atoms with van der Waals surface area (Å²) < 4.78 is 14.3. The summed E-state index contributed by atoms with van der Waals surface area (Å²) >= 11 is 0. The van der Waals surface area contributed by atoms with Gasteiger partial charge in [0.05, 0.1) is 50.8 Å². The predicted octanol–water partition coefficient (Wildman–Crippen LogP) is 1.03. The van der Waals surface area contributed by atoms with Gasteiger partial charge in [0.1, 0.15) is 0 Å². The Morgan fingerprint density at radius 1 is 0.870 bits per heavy atom. The molecule has 0 aromatic heterocycles. The van der Waals surface area contributed by atoms with Gasteiger partial charge in [-0.25, -0.2) is 9.59 Å². The summed E-state index contributed by atoms with van der Waals surface area (Å²) in [5.41, 5.74) is 0.477. The van der Waals surface area contributed by atoms with Crippen molar-refractivity contribution in [3.05, 3.63) is 35.4 Å². The molecule has 0 amide bonds. The highest BCUT2D eigenvalue weighted by Crippen LogP contribution is 2.11. The molecule has 0 aliphatic heterocycles. The summed E-state index contributed by atoms with van der Waals surface area (Å²) in [5.74, 6) is -1.02. The summed E-state index contributed by atoms with van der Waals surface area (Å²) in [6.07, 6.45) is 0. The van der Waals surface area contributed by atoms with Gasteiger partial charge in [-0.15, -0.1) is 0 Å². The van der Waals surface area contributed by atoms with Gasteiger partial charge in [0.15, 0.2) is 0 Å². The number of hydrogen-bond acceptors (Lipinski definition) is 7. The lowest BCUT2D eigenvalue weighted by molar-refractivity contribution is 0.0479. The normalized spacial score (nSPS) is 9.57. The summed E-state index contributed by atoms with van der Waals surface area (Å²) in [7, 11) is 0. The van der Waals surface area contributed by atoms with Crippen LogP contribution in [0.4, 0.5) is 0 Å². The molecule has 7 heteroatoms. The number of benzene rings is 1. The molecule has 0 aliphatic carbocycles. The largest absolute Gasteiger partial charge is 0.462 e. The van der Waals surface area contributed by atoms with Gasteiger partial charge in [0, 0.05) is 0 Å². The minimum absolute atomic E-state index is 0.0278. The zero-order valence-electron chi connectivity index (χ0n) is 13.5. The van der Waals surface area contributed by atoms with Crippen molar-refractivity contribution in [3.8, 4) is 0 Å². The van der Waals surface area contributed by atoms with Crippen molar-refractivity contribution in [1.82, 2.24) is 0 Å². The first-order valence-electron chi connectivity index (χ1n) is 7.35. The van der Waals surface area contributed by atoms with Gasteiger partial charge in [-0.2, -0.15) is 0 Å². The Morgan fingerprint density at radius 3 is 1.57 bits per heavy atom. The maximum atomic E-state index is 11.5. The van der Waals surface area contributed by atoms with Crippen LogP contribution < -0.4 is 0 Å². The third-order valence-corrected chi connectivity index (χ3v) is 2.39. The van der Waals surface area contributed by atoms with Crippen LogP contribution in [0.5, 0.6) is 0 Å². The van der Waals surface area contributed by atoms with Crippen LogP contribution >= 0.6 is 0 Å². The molecule has 0 saturated carbocycles. The summed E-state index contributed by atoms with van der Waals surface area (Å²) in [6.45, 7) is 4.67. The number of esters is 2. The van der Waals surface area contributed by atoms with Gasteiger partial charge in [-0.05, 0) is 26.0 Å². The summed E-state index contributed by atoms with van der Waals surface area (Å²) in [6, 6.07) is 6.44. The summed E-state index contributed by atoms with van der Waals surface area (Å²) in [5, 5.41) is 16.2. The monoisotopic (exact) mass is 328 g/mol. The highest BCUT2D eigenvalue weighted by atomic mass is 16.5. The van der Waals surface area contributed by atoms with Crippen LogP contribution in [-0.2, 0) is 14.2 Å². The maximum Gasteiger partial charge on any atom is 0.338 e. The molecule has 0 saturated heterocycles. The zero-order valence-corrected chi connectivity index (χ0v) is 13.5. The fraction of sp³-hybridized carbons (Fsp3) is 0.500. The Morgan fingerprint density at radius 2 is 1.26 bits per heavy atom. The van der Waals surface area contributed by atoms with Crippen molar-refractivity contribution in [2.75, 3.05) is 39.6 Å². The van der Waals surface area contributed by atoms with Crippen molar-refractivity contribution >= 4 is 11.9 Å². The van der Waals surface area contributed by atoms with Gasteiger partial charge < -0.3 is 24.4 Å². The van der Waals surface area contributed by atoms with Crippen molar-refractivity contribution in [1.29, 1.82) is 0 Å². The fourth-order valence-corrected chi connectivity index (χ4v) is 1.49. The highest BCUT2D eigenvalue weighted by Gasteiger charge is 2.17. The van der Waals surface area contributed by atoms with Gasteiger partial charge in [0.2, 0.25) is 0 Å². The molecule has 0 atom stereocenters. The van der Waals surface area contributed by atoms with Crippen molar-refractivity contribution in [2.45, 2.75) is 13.8 Å². The van der Waals surface area contributed by atoms with E-state index in [9.17, 15) is 9.59 Å². The van der Waals surface area contributed by atoms with Crippen LogP contribution in [-0.4, -0.2) is 61.8 Å². The molecule has 23 heavy (non-hydrogen) atoms. The van der Waals surface area contributed by atoms with Crippen molar-refractivity contribution in [2.24, 2.45) is 0 Å². The van der Waals surface area contributed by atoms with Gasteiger partial charge in [0.25, 0.3) is 0 Å². The van der Waals surface area contributed by atoms with E-state index in [0.29, 0.717) is 13.2 Å². The molecule has 1 rings (SSSR count). The lowest BCUT2D eigenvalue weighted by Crippen LogP contribution is -2.13. The standard InChI is InChI=1S/C12H14O4.C4H10O3/c1-3-15-11(13)9-7-5-6-8-10(9)12(14)16-4-2;5-1-3-7-4-2-6/h5-8H,3-4H2,1-2H3;5-6H,1-4H2. The lowest BCUT2D eigenvalue weighted by Gasteiger charge is -2.07. The second kappa shape index (κ2) is 13.7. The number of ether oxygens (including phenoxy) is 3. The Kier molecular flexibility index (Phi) is 12.5. The molecular weight excluding hydrogens is 304 g/mol. The smallest absolute Gasteiger partial charge is 0.338 e. The van der Waals surface area contributed by atoms with E-state index in [0.717, 1.165) is 0 Å². The molecule has 0 heterocycles. The first-order chi connectivity index (χ1) is 11.1. The van der Waals surface area contributed by atoms with Crippen LogP contribution in [0.1, 0.15) is 34.6 Å². The third-order valence-electron chi connectivity index (χ3n) is 2.39. The van der Waals surface area contributed by atoms with Gasteiger partial charge in [-0.3, -0.25) is 0 Å². The molecule has 1 aromatic rings. The van der Waals surface area contributed by atoms with E-state index in [2.05, 4.69) is 4.74 Å². The Hall–Kier alpha value is -1.96. The SMILES string of the molecule is CCOC(=O)c1ccccc1C(=O)OCC.OCCOCCO. The van der Waals surface area contributed by atoms with Crippen LogP contribution in [0, 0.1) is 0 Å². The molecule has 0 aliphatic rings. The first-order valence-corrected chi connectivity index (χ1v) is 7.35. The van der Waals surface area contributed by atoms with Crippen LogP contribution in [0.2, 0.25) is 0 Å². The minimum atomic E-state index is -0.508. The second-order valence-electron chi connectivity index (χ2n) is 4.05. The zero-order chi connectivity index (χ0) is 17.5. The van der Waals surface area contributed by atoms with Crippen LogP contribution in [0.3, 0.4) is 0 Å². The van der Waals surface area contributed by atoms with E-state index < -0.39 is 11.9 Å². The molecule has 0 bridgehead atoms. The van der Waals surface area contributed by atoms with Crippen LogP contribution in [0.15, 0.2) is 24.3 Å². The molecule has 0 spiro atoms. The van der Waals surface area contributed by atoms with E-state index in [1.165, 1.54) is 0 Å². The summed E-state index contributed by atoms with van der Waals surface area (Å²) in [4.78, 5) is 23.1. The molecule has 1 aromatic carbocycles. The number of rotatable bonds is 8. The Labute approximate surface area is 135 Å². The number of aliphatic hydroxyl groups is 2. The fourth-order valence-electron chi connectivity index (χ4n) is 1.49. The molecule has 2 N–H and O–H groups in total. The first kappa shape index (κ1) is 21.0. The van der Waals surface area contributed by atoms with Crippen molar-refractivity contribution in [3.63, 3.8) is 0 Å². The van der Waals surface area contributed by atoms with E-state index in [4.69, 9.17) is 19.7 Å². The maximum absolute atomic E-state index is 11.5. The number of aliphatic hydroxyl groups excluding tert-OH is 2. The van der Waals surface area contributed by atoms with E-state index in [1.54, 1.807) is 38.1 Å². The quantitative estimate of drug-likeness (QED) is 0.542. The van der Waals surface area contributed by atoms with Gasteiger partial charge >= 0.3 is 11.9 Å². The lowest BCUT2D eigenvalue weighted by atomic mass is 10.1. The van der Waals surface area contributed by atoms with E-state index >= 15 is 0 Å². The molecule has 0 radical (unpaired) electrons.